The Balaban J connectivity index is 2.09. The number of ether oxygens (including phenoxy) is 1. The number of aryl methyl sites for hydroxylation is 1. The van der Waals surface area contributed by atoms with Gasteiger partial charge >= 0.3 is 8.03 Å². The summed E-state index contributed by atoms with van der Waals surface area (Å²) in [5.41, 5.74) is 0.714. The molecule has 0 aliphatic heterocycles. The molecule has 0 spiro atoms. The Morgan fingerprint density at radius 1 is 1.07 bits per heavy atom. The maximum atomic E-state index is 12.7. The molecule has 2 aromatic rings. The maximum absolute atomic E-state index is 12.7. The lowest BCUT2D eigenvalue weighted by Crippen LogP contribution is -2.46. The Hall–Kier alpha value is -2.23. The molecule has 6 heteroatoms. The molecule has 0 fully saturated rings. The first-order valence-electron chi connectivity index (χ1n) is 8.92. The van der Waals surface area contributed by atoms with E-state index in [2.05, 4.69) is 5.32 Å². The molecule has 2 unspecified atom stereocenters. The molecule has 0 aliphatic carbocycles. The van der Waals surface area contributed by atoms with Gasteiger partial charge in [-0.3, -0.25) is 4.79 Å². The van der Waals surface area contributed by atoms with Crippen LogP contribution in [0.25, 0.3) is 0 Å². The molecule has 2 atom stereocenters. The standard InChI is InChI=1S/C21H26NO4P/c1-21(2,3)22-20(23)19(15-10-16-8-6-5-7-9-16)26-27(24)18-13-11-17(25-4)12-14-18/h5-9,11-14,19H,10,15H2,1-4H3/p+1. The summed E-state index contributed by atoms with van der Waals surface area (Å²) in [6.45, 7) is 5.72. The topological polar surface area (TPSA) is 64.6 Å². The van der Waals surface area contributed by atoms with E-state index in [1.807, 2.05) is 51.1 Å². The zero-order chi connectivity index (χ0) is 19.9. The van der Waals surface area contributed by atoms with Crippen molar-refractivity contribution in [1.29, 1.82) is 0 Å². The van der Waals surface area contributed by atoms with Gasteiger partial charge in [-0.15, -0.1) is 4.52 Å². The van der Waals surface area contributed by atoms with Crippen LogP contribution in [0.1, 0.15) is 32.8 Å². The van der Waals surface area contributed by atoms with Crippen LogP contribution in [0.5, 0.6) is 5.75 Å². The number of benzene rings is 2. The summed E-state index contributed by atoms with van der Waals surface area (Å²) < 4.78 is 23.4. The van der Waals surface area contributed by atoms with Crippen LogP contribution in [0.2, 0.25) is 0 Å². The molecule has 1 amide bonds. The molecular weight excluding hydrogens is 361 g/mol. The van der Waals surface area contributed by atoms with E-state index in [0.717, 1.165) is 5.56 Å². The fourth-order valence-corrected chi connectivity index (χ4v) is 3.45. The first-order chi connectivity index (χ1) is 12.8. The third-order valence-electron chi connectivity index (χ3n) is 3.83. The van der Waals surface area contributed by atoms with Crippen LogP contribution in [-0.2, 0) is 20.3 Å². The zero-order valence-corrected chi connectivity index (χ0v) is 17.2. The van der Waals surface area contributed by atoms with Crippen molar-refractivity contribution >= 4 is 19.2 Å². The van der Waals surface area contributed by atoms with E-state index < -0.39 is 19.7 Å². The van der Waals surface area contributed by atoms with Crippen molar-refractivity contribution in [1.82, 2.24) is 5.32 Å². The van der Waals surface area contributed by atoms with Crippen LogP contribution < -0.4 is 15.4 Å². The van der Waals surface area contributed by atoms with E-state index in [4.69, 9.17) is 9.26 Å². The largest absolute Gasteiger partial charge is 0.549 e. The van der Waals surface area contributed by atoms with Crippen LogP contribution in [-0.4, -0.2) is 24.7 Å². The van der Waals surface area contributed by atoms with Gasteiger partial charge in [0, 0.05) is 5.54 Å². The third kappa shape index (κ3) is 7.12. The quantitative estimate of drug-likeness (QED) is 0.695. The van der Waals surface area contributed by atoms with Gasteiger partial charge in [0.25, 0.3) is 5.91 Å². The number of hydrogen-bond donors (Lipinski definition) is 1. The van der Waals surface area contributed by atoms with E-state index in [9.17, 15) is 9.36 Å². The predicted molar refractivity (Wildman–Crippen MR) is 108 cm³/mol. The second kappa shape index (κ2) is 9.63. The number of amides is 1. The number of carbonyl (C=O) groups is 1. The number of methoxy groups -OCH3 is 1. The lowest BCUT2D eigenvalue weighted by Gasteiger charge is -2.22. The van der Waals surface area contributed by atoms with Gasteiger partial charge in [0.1, 0.15) is 5.75 Å². The van der Waals surface area contributed by atoms with Gasteiger partial charge in [0.15, 0.2) is 6.10 Å². The number of rotatable bonds is 8. The highest BCUT2D eigenvalue weighted by molar-refractivity contribution is 7.48. The summed E-state index contributed by atoms with van der Waals surface area (Å²) in [6, 6.07) is 16.7. The van der Waals surface area contributed by atoms with Gasteiger partial charge in [-0.1, -0.05) is 30.3 Å². The first-order valence-corrected chi connectivity index (χ1v) is 10.1. The minimum absolute atomic E-state index is 0.254. The molecule has 2 aromatic carbocycles. The summed E-state index contributed by atoms with van der Waals surface area (Å²) in [5.74, 6) is 0.420. The molecule has 0 bridgehead atoms. The highest BCUT2D eigenvalue weighted by atomic mass is 31.1. The van der Waals surface area contributed by atoms with Crippen LogP contribution in [0.4, 0.5) is 0 Å². The predicted octanol–water partition coefficient (Wildman–Crippen LogP) is 4.00. The van der Waals surface area contributed by atoms with Crippen LogP contribution >= 0.6 is 8.03 Å². The van der Waals surface area contributed by atoms with Crippen molar-refractivity contribution < 1.29 is 18.6 Å². The molecule has 144 valence electrons. The number of carbonyl (C=O) groups excluding carboxylic acids is 1. The molecule has 5 nitrogen and oxygen atoms in total. The van der Waals surface area contributed by atoms with Crippen molar-refractivity contribution in [3.63, 3.8) is 0 Å². The Bertz CT molecular complexity index is 754. The minimum Gasteiger partial charge on any atom is -0.497 e. The van der Waals surface area contributed by atoms with Gasteiger partial charge in [-0.05, 0) is 68.0 Å². The van der Waals surface area contributed by atoms with Crippen LogP contribution in [0, 0.1) is 0 Å². The van der Waals surface area contributed by atoms with Gasteiger partial charge in [-0.25, -0.2) is 0 Å². The molecule has 0 aliphatic rings. The highest BCUT2D eigenvalue weighted by Gasteiger charge is 2.34. The zero-order valence-electron chi connectivity index (χ0n) is 16.3. The van der Waals surface area contributed by atoms with Gasteiger partial charge in [-0.2, -0.15) is 0 Å². The van der Waals surface area contributed by atoms with E-state index in [1.165, 1.54) is 0 Å². The fourth-order valence-electron chi connectivity index (χ4n) is 2.50. The third-order valence-corrected chi connectivity index (χ3v) is 5.00. The SMILES string of the molecule is COc1ccc([P+](=O)OC(CCc2ccccc2)C(=O)NC(C)(C)C)cc1. The average molecular weight is 388 g/mol. The maximum Gasteiger partial charge on any atom is 0.549 e. The molecular formula is C21H27NO4P+. The summed E-state index contributed by atoms with van der Waals surface area (Å²) in [7, 11) is -0.582. The first kappa shape index (κ1) is 21.1. The van der Waals surface area contributed by atoms with Crippen LogP contribution in [0.3, 0.4) is 0 Å². The van der Waals surface area contributed by atoms with Crippen molar-refractivity contribution in [2.45, 2.75) is 45.3 Å². The lowest BCUT2D eigenvalue weighted by atomic mass is 10.0. The van der Waals surface area contributed by atoms with E-state index >= 15 is 0 Å². The normalized spacial score (nSPS) is 13.0. The summed E-state index contributed by atoms with van der Waals surface area (Å²) in [6.07, 6.45) is 0.313. The Labute approximate surface area is 162 Å². The molecule has 0 heterocycles. The lowest BCUT2D eigenvalue weighted by molar-refractivity contribution is -0.129. The van der Waals surface area contributed by atoms with Gasteiger partial charge < -0.3 is 10.1 Å². The van der Waals surface area contributed by atoms with Crippen molar-refractivity contribution in [3.8, 4) is 5.75 Å². The average Bonchev–Trinajstić information content (AvgIpc) is 2.64. The fraction of sp³-hybridized carbons (Fsp3) is 0.381. The molecule has 0 radical (unpaired) electrons. The monoisotopic (exact) mass is 388 g/mol. The van der Waals surface area contributed by atoms with Crippen molar-refractivity contribution in [3.05, 3.63) is 60.2 Å². The Morgan fingerprint density at radius 3 is 2.26 bits per heavy atom. The van der Waals surface area contributed by atoms with E-state index in [0.29, 0.717) is 23.9 Å². The second-order valence-corrected chi connectivity index (χ2v) is 8.55. The second-order valence-electron chi connectivity index (χ2n) is 7.31. The molecule has 0 aromatic heterocycles. The van der Waals surface area contributed by atoms with Gasteiger partial charge in [0.2, 0.25) is 5.30 Å². The Morgan fingerprint density at radius 2 is 1.70 bits per heavy atom. The van der Waals surface area contributed by atoms with Crippen LogP contribution in [0.15, 0.2) is 54.6 Å². The summed E-state index contributed by atoms with van der Waals surface area (Å²) >= 11 is 0. The van der Waals surface area contributed by atoms with Crippen molar-refractivity contribution in [2.24, 2.45) is 0 Å². The molecule has 0 saturated carbocycles. The molecule has 1 N–H and O–H groups in total. The van der Waals surface area contributed by atoms with E-state index in [-0.39, 0.29) is 5.91 Å². The van der Waals surface area contributed by atoms with Gasteiger partial charge in [0.05, 0.1) is 7.11 Å². The summed E-state index contributed by atoms with van der Waals surface area (Å²) in [4.78, 5) is 12.7. The molecule has 2 rings (SSSR count). The molecule has 27 heavy (non-hydrogen) atoms. The Kier molecular flexibility index (Phi) is 7.52. The van der Waals surface area contributed by atoms with E-state index in [1.54, 1.807) is 31.4 Å². The summed E-state index contributed by atoms with van der Waals surface area (Å²) in [5, 5.41) is 3.45. The minimum atomic E-state index is -2.15. The molecule has 0 saturated heterocycles. The highest BCUT2D eigenvalue weighted by Crippen LogP contribution is 2.27. The number of nitrogens with one attached hydrogen (secondary N) is 1. The van der Waals surface area contributed by atoms with Crippen molar-refractivity contribution in [2.75, 3.05) is 7.11 Å². The smallest absolute Gasteiger partial charge is 0.497 e. The number of hydrogen-bond acceptors (Lipinski definition) is 4.